The van der Waals surface area contributed by atoms with Crippen molar-refractivity contribution in [3.63, 3.8) is 0 Å². The Kier molecular flexibility index (Phi) is 7.31. The van der Waals surface area contributed by atoms with Crippen molar-refractivity contribution < 1.29 is 28.5 Å². The van der Waals surface area contributed by atoms with Gasteiger partial charge in [-0.25, -0.2) is 14.6 Å². The van der Waals surface area contributed by atoms with E-state index in [1.807, 2.05) is 0 Å². The van der Waals surface area contributed by atoms with E-state index in [1.54, 1.807) is 30.3 Å². The van der Waals surface area contributed by atoms with Crippen molar-refractivity contribution in [3.05, 3.63) is 92.1 Å². The highest BCUT2D eigenvalue weighted by molar-refractivity contribution is 6.42. The highest BCUT2D eigenvalue weighted by Gasteiger charge is 2.27. The first-order valence-electron chi connectivity index (χ1n) is 10.0. The van der Waals surface area contributed by atoms with Gasteiger partial charge in [0, 0.05) is 5.02 Å². The van der Waals surface area contributed by atoms with E-state index in [0.29, 0.717) is 26.9 Å². The predicted molar refractivity (Wildman–Crippen MR) is 133 cm³/mol. The third-order valence-electron chi connectivity index (χ3n) is 4.86. The molecule has 3 aromatic rings. The lowest BCUT2D eigenvalue weighted by molar-refractivity contribution is -0.129. The average molecular weight is 533 g/mol. The molecule has 0 bridgehead atoms. The van der Waals surface area contributed by atoms with E-state index >= 15 is 0 Å². The molecule has 178 valence electrons. The summed E-state index contributed by atoms with van der Waals surface area (Å²) in [6.07, 6.45) is 1.51. The van der Waals surface area contributed by atoms with Gasteiger partial charge in [0.25, 0.3) is 0 Å². The number of rotatable bonds is 6. The number of methoxy groups -OCH3 is 2. The van der Waals surface area contributed by atoms with E-state index in [4.69, 9.17) is 53.8 Å². The molecule has 0 unspecified atom stereocenters. The second kappa shape index (κ2) is 10.4. The van der Waals surface area contributed by atoms with Crippen LogP contribution in [0.1, 0.15) is 21.5 Å². The van der Waals surface area contributed by atoms with Crippen LogP contribution in [0, 0.1) is 0 Å². The summed E-state index contributed by atoms with van der Waals surface area (Å²) in [7, 11) is 2.91. The van der Waals surface area contributed by atoms with Crippen LogP contribution in [0.25, 0.3) is 6.08 Å². The number of hydrogen-bond donors (Lipinski definition) is 0. The van der Waals surface area contributed by atoms with Crippen LogP contribution in [0.4, 0.5) is 0 Å². The van der Waals surface area contributed by atoms with E-state index in [1.165, 1.54) is 44.6 Å². The zero-order valence-electron chi connectivity index (χ0n) is 18.3. The van der Waals surface area contributed by atoms with Crippen LogP contribution in [-0.2, 0) is 9.53 Å². The van der Waals surface area contributed by atoms with Crippen molar-refractivity contribution in [3.8, 4) is 17.2 Å². The molecule has 1 heterocycles. The molecule has 0 aromatic heterocycles. The third-order valence-corrected chi connectivity index (χ3v) is 5.84. The molecule has 35 heavy (non-hydrogen) atoms. The fourth-order valence-electron chi connectivity index (χ4n) is 3.17. The number of hydrogen-bond acceptors (Lipinski definition) is 7. The first-order valence-corrected chi connectivity index (χ1v) is 11.1. The van der Waals surface area contributed by atoms with E-state index in [2.05, 4.69) is 4.99 Å². The minimum Gasteiger partial charge on any atom is -0.496 e. The summed E-state index contributed by atoms with van der Waals surface area (Å²) in [6.45, 7) is 0. The highest BCUT2D eigenvalue weighted by atomic mass is 35.5. The Hall–Kier alpha value is -3.52. The Balaban J connectivity index is 1.60. The zero-order chi connectivity index (χ0) is 25.1. The molecule has 1 aliphatic heterocycles. The number of cyclic esters (lactones) is 1. The molecule has 0 fully saturated rings. The Bertz CT molecular complexity index is 1400. The van der Waals surface area contributed by atoms with Crippen LogP contribution < -0.4 is 14.2 Å². The summed E-state index contributed by atoms with van der Waals surface area (Å²) >= 11 is 17.9. The molecule has 10 heteroatoms. The summed E-state index contributed by atoms with van der Waals surface area (Å²) in [4.78, 5) is 29.2. The van der Waals surface area contributed by atoms with E-state index in [-0.39, 0.29) is 33.7 Å². The minimum absolute atomic E-state index is 0.0598. The summed E-state index contributed by atoms with van der Waals surface area (Å²) in [5.41, 5.74) is 1.29. The second-order valence-electron chi connectivity index (χ2n) is 7.11. The second-order valence-corrected chi connectivity index (χ2v) is 8.36. The Morgan fingerprint density at radius 3 is 2.34 bits per heavy atom. The number of nitrogens with zero attached hydrogens (tertiary/aromatic N) is 1. The molecule has 0 N–H and O–H groups in total. The maximum absolute atomic E-state index is 12.5. The zero-order valence-corrected chi connectivity index (χ0v) is 20.6. The molecule has 3 aromatic carbocycles. The van der Waals surface area contributed by atoms with Crippen LogP contribution in [0.15, 0.2) is 65.3 Å². The molecule has 0 saturated heterocycles. The van der Waals surface area contributed by atoms with Gasteiger partial charge in [0.05, 0.1) is 35.4 Å². The molecular formula is C25H16Cl3NO6. The maximum atomic E-state index is 12.5. The fraction of sp³-hybridized carbons (Fsp3) is 0.0800. The predicted octanol–water partition coefficient (Wildman–Crippen LogP) is 6.23. The van der Waals surface area contributed by atoms with Crippen molar-refractivity contribution in [1.29, 1.82) is 0 Å². The molecule has 0 radical (unpaired) electrons. The molecule has 0 atom stereocenters. The monoisotopic (exact) mass is 531 g/mol. The summed E-state index contributed by atoms with van der Waals surface area (Å²) in [5, 5.41) is 0.991. The molecular weight excluding hydrogens is 517 g/mol. The van der Waals surface area contributed by atoms with Gasteiger partial charge in [-0.05, 0) is 60.2 Å². The molecule has 0 saturated carbocycles. The average Bonchev–Trinajstić information content (AvgIpc) is 3.21. The molecule has 0 amide bonds. The van der Waals surface area contributed by atoms with Crippen molar-refractivity contribution in [2.45, 2.75) is 0 Å². The van der Waals surface area contributed by atoms with Gasteiger partial charge in [-0.1, -0.05) is 40.9 Å². The van der Waals surface area contributed by atoms with Gasteiger partial charge in [-0.3, -0.25) is 0 Å². The van der Waals surface area contributed by atoms with E-state index in [9.17, 15) is 9.59 Å². The van der Waals surface area contributed by atoms with Crippen molar-refractivity contribution in [2.24, 2.45) is 4.99 Å². The van der Waals surface area contributed by atoms with Crippen LogP contribution in [0.2, 0.25) is 15.1 Å². The van der Waals surface area contributed by atoms with Crippen molar-refractivity contribution in [2.75, 3.05) is 14.2 Å². The number of aliphatic imine (C=N–C) groups is 1. The van der Waals surface area contributed by atoms with E-state index < -0.39 is 11.9 Å². The summed E-state index contributed by atoms with van der Waals surface area (Å²) in [5.74, 6) is -0.322. The van der Waals surface area contributed by atoms with Gasteiger partial charge in [-0.2, -0.15) is 0 Å². The van der Waals surface area contributed by atoms with E-state index in [0.717, 1.165) is 0 Å². The molecule has 0 spiro atoms. The third kappa shape index (κ3) is 5.43. The van der Waals surface area contributed by atoms with Crippen molar-refractivity contribution in [1.82, 2.24) is 0 Å². The van der Waals surface area contributed by atoms with Gasteiger partial charge in [0.2, 0.25) is 5.90 Å². The Morgan fingerprint density at radius 1 is 0.886 bits per heavy atom. The number of carbonyl (C=O) groups is 2. The number of benzene rings is 3. The quantitative estimate of drug-likeness (QED) is 0.213. The summed E-state index contributed by atoms with van der Waals surface area (Å²) < 4.78 is 21.4. The fourth-order valence-corrected chi connectivity index (χ4v) is 3.64. The van der Waals surface area contributed by atoms with Crippen LogP contribution in [0.3, 0.4) is 0 Å². The molecule has 7 nitrogen and oxygen atoms in total. The van der Waals surface area contributed by atoms with Crippen molar-refractivity contribution >= 4 is 58.7 Å². The van der Waals surface area contributed by atoms with Gasteiger partial charge in [-0.15, -0.1) is 0 Å². The number of esters is 2. The first kappa shape index (κ1) is 24.6. The SMILES string of the molecule is COc1cc(/C=C2\N=C(c3cc(Cl)ccc3OC)OC2=O)ccc1OC(=O)c1ccc(Cl)c(Cl)c1. The van der Waals surface area contributed by atoms with Crippen LogP contribution in [0.5, 0.6) is 17.2 Å². The van der Waals surface area contributed by atoms with Gasteiger partial charge < -0.3 is 18.9 Å². The first-order chi connectivity index (χ1) is 16.8. The standard InChI is InChI=1S/C25H16Cl3NO6/c1-32-20-8-5-15(26)12-16(20)23-29-19(25(31)35-23)9-13-3-7-21(22(10-13)33-2)34-24(30)14-4-6-17(27)18(28)11-14/h3-12H,1-2H3/b19-9-. The maximum Gasteiger partial charge on any atom is 0.363 e. The molecule has 4 rings (SSSR count). The Morgan fingerprint density at radius 2 is 1.63 bits per heavy atom. The smallest absolute Gasteiger partial charge is 0.363 e. The minimum atomic E-state index is -0.642. The van der Waals surface area contributed by atoms with Crippen LogP contribution in [-0.4, -0.2) is 32.1 Å². The summed E-state index contributed by atoms with van der Waals surface area (Å²) in [6, 6.07) is 14.1. The largest absolute Gasteiger partial charge is 0.496 e. The number of halogens is 3. The normalized spacial score (nSPS) is 13.9. The number of carbonyl (C=O) groups excluding carboxylic acids is 2. The lowest BCUT2D eigenvalue weighted by Gasteiger charge is -2.10. The van der Waals surface area contributed by atoms with Crippen LogP contribution >= 0.6 is 34.8 Å². The number of ether oxygens (including phenoxy) is 4. The highest BCUT2D eigenvalue weighted by Crippen LogP contribution is 2.32. The lowest BCUT2D eigenvalue weighted by atomic mass is 10.1. The Labute approximate surface area is 215 Å². The lowest BCUT2D eigenvalue weighted by Crippen LogP contribution is -2.09. The molecule has 1 aliphatic rings. The topological polar surface area (TPSA) is 83.4 Å². The molecule has 0 aliphatic carbocycles. The van der Waals surface area contributed by atoms with Gasteiger partial charge >= 0.3 is 11.9 Å². The van der Waals surface area contributed by atoms with Gasteiger partial charge in [0.15, 0.2) is 17.2 Å². The van der Waals surface area contributed by atoms with Gasteiger partial charge in [0.1, 0.15) is 5.75 Å².